The van der Waals surface area contributed by atoms with Gasteiger partial charge in [-0.25, -0.2) is 9.13 Å². The van der Waals surface area contributed by atoms with E-state index in [-0.39, 0.29) is 0 Å². The summed E-state index contributed by atoms with van der Waals surface area (Å²) in [5, 5.41) is 0. The summed E-state index contributed by atoms with van der Waals surface area (Å²) in [5.74, 6) is 0. The van der Waals surface area contributed by atoms with Crippen LogP contribution in [0.3, 0.4) is 0 Å². The number of aromatic nitrogens is 2. The van der Waals surface area contributed by atoms with Gasteiger partial charge in [0.05, 0.1) is 12.7 Å². The van der Waals surface area contributed by atoms with Crippen molar-refractivity contribution in [2.24, 2.45) is 0 Å². The van der Waals surface area contributed by atoms with Gasteiger partial charge in [0.1, 0.15) is 12.4 Å². The maximum absolute atomic E-state index is 10.7. The van der Waals surface area contributed by atoms with E-state index in [0.717, 1.165) is 6.54 Å². The molecular weight excluding hydrogens is 329 g/mol. The summed E-state index contributed by atoms with van der Waals surface area (Å²) < 4.78 is 63.4. The van der Waals surface area contributed by atoms with Crippen LogP contribution in [0.1, 0.15) is 45.4 Å². The van der Waals surface area contributed by atoms with Crippen LogP contribution >= 0.6 is 7.81 Å². The van der Waals surface area contributed by atoms with Crippen molar-refractivity contribution in [2.75, 3.05) is 0 Å². The molecular formula is C13H23F6N2P. The summed E-state index contributed by atoms with van der Waals surface area (Å²) in [6.07, 6.45) is 16.2. The van der Waals surface area contributed by atoms with E-state index >= 15 is 0 Å². The van der Waals surface area contributed by atoms with Gasteiger partial charge in [0.25, 0.3) is 0 Å². The molecule has 132 valence electrons. The van der Waals surface area contributed by atoms with Gasteiger partial charge in [-0.2, -0.15) is 0 Å². The molecule has 1 heterocycles. The number of imidazole rings is 1. The van der Waals surface area contributed by atoms with Crippen LogP contribution in [0.4, 0.5) is 25.2 Å². The number of rotatable bonds is 8. The first kappa shape index (κ1) is 21.0. The third-order valence-corrected chi connectivity index (χ3v) is 2.69. The third kappa shape index (κ3) is 19.0. The maximum atomic E-state index is 9.87. The van der Waals surface area contributed by atoms with Crippen LogP contribution in [0, 0.1) is 0 Å². The number of hydrogen-bond acceptors (Lipinski definition) is 0. The fourth-order valence-corrected chi connectivity index (χ4v) is 1.73. The quantitative estimate of drug-likeness (QED) is 0.215. The van der Waals surface area contributed by atoms with E-state index in [1.807, 2.05) is 17.0 Å². The summed E-state index contributed by atoms with van der Waals surface area (Å²) in [5.41, 5.74) is 0. The summed E-state index contributed by atoms with van der Waals surface area (Å²) >= 11 is 0. The number of nitrogens with zero attached hydrogens (tertiary/aromatic N) is 2. The van der Waals surface area contributed by atoms with Crippen LogP contribution in [-0.2, 0) is 6.54 Å². The molecule has 9 heteroatoms. The van der Waals surface area contributed by atoms with Crippen molar-refractivity contribution in [1.29, 1.82) is 0 Å². The van der Waals surface area contributed by atoms with Crippen LogP contribution in [-0.4, -0.2) is 4.57 Å². The first-order valence-electron chi connectivity index (χ1n) is 7.07. The Kier molecular flexibility index (Phi) is 7.13. The molecule has 1 rings (SSSR count). The van der Waals surface area contributed by atoms with Crippen LogP contribution in [0.15, 0.2) is 25.3 Å². The number of hydrogen-bond donors (Lipinski definition) is 0. The summed E-state index contributed by atoms with van der Waals surface area (Å²) in [6, 6.07) is 0. The predicted octanol–water partition coefficient (Wildman–Crippen LogP) is 6.62. The molecule has 0 aromatic carbocycles. The standard InChI is InChI=1S/C13H23N2.F6P/c1-3-5-6-7-8-9-10-15-12-11-14(4-2)13-15;1-7(2,3,4,5)6/h4,11-13H,2-3,5-10H2,1H3;/q+1;-1. The van der Waals surface area contributed by atoms with Crippen molar-refractivity contribution >= 4 is 14.0 Å². The minimum absolute atomic E-state index is 1.13. The van der Waals surface area contributed by atoms with Crippen molar-refractivity contribution in [3.05, 3.63) is 25.3 Å². The first-order valence-corrected chi connectivity index (χ1v) is 9.10. The Morgan fingerprint density at radius 3 is 1.95 bits per heavy atom. The summed E-state index contributed by atoms with van der Waals surface area (Å²) in [4.78, 5) is 0. The summed E-state index contributed by atoms with van der Waals surface area (Å²) in [6.45, 7) is 7.11. The molecule has 0 atom stereocenters. The Morgan fingerprint density at radius 2 is 1.50 bits per heavy atom. The topological polar surface area (TPSA) is 8.81 Å². The molecule has 0 amide bonds. The molecule has 0 aliphatic carbocycles. The van der Waals surface area contributed by atoms with Gasteiger partial charge in [0.15, 0.2) is 0 Å². The van der Waals surface area contributed by atoms with Crippen molar-refractivity contribution in [2.45, 2.75) is 52.0 Å². The molecule has 22 heavy (non-hydrogen) atoms. The molecule has 0 aliphatic heterocycles. The van der Waals surface area contributed by atoms with E-state index in [2.05, 4.69) is 30.6 Å². The number of aryl methyl sites for hydroxylation is 1. The van der Waals surface area contributed by atoms with Crippen LogP contribution in [0.25, 0.3) is 6.20 Å². The predicted molar refractivity (Wildman–Crippen MR) is 78.0 cm³/mol. The Bertz CT molecular complexity index is 440. The van der Waals surface area contributed by atoms with E-state index in [1.54, 1.807) is 0 Å². The zero-order chi connectivity index (χ0) is 17.3. The van der Waals surface area contributed by atoms with Crippen molar-refractivity contribution < 1.29 is 29.7 Å². The zero-order valence-electron chi connectivity index (χ0n) is 12.6. The molecule has 0 spiro atoms. The molecule has 0 saturated carbocycles. The second-order valence-corrected chi connectivity index (χ2v) is 6.92. The Balaban J connectivity index is 0.000000534. The fraction of sp³-hybridized carbons (Fsp3) is 0.615. The molecule has 0 saturated heterocycles. The van der Waals surface area contributed by atoms with E-state index in [4.69, 9.17) is 0 Å². The monoisotopic (exact) mass is 352 g/mol. The van der Waals surface area contributed by atoms with E-state index < -0.39 is 7.81 Å². The second-order valence-electron chi connectivity index (χ2n) is 5.01. The van der Waals surface area contributed by atoms with Gasteiger partial charge in [-0.15, -0.1) is 0 Å². The average molecular weight is 352 g/mol. The van der Waals surface area contributed by atoms with Crippen molar-refractivity contribution in [3.63, 3.8) is 0 Å². The van der Waals surface area contributed by atoms with Crippen LogP contribution in [0.2, 0.25) is 0 Å². The normalized spacial score (nSPS) is 14.5. The molecule has 1 aromatic rings. The van der Waals surface area contributed by atoms with Crippen molar-refractivity contribution in [1.82, 2.24) is 4.57 Å². The zero-order valence-corrected chi connectivity index (χ0v) is 13.5. The second kappa shape index (κ2) is 7.49. The Hall–Kier alpha value is -1.04. The van der Waals surface area contributed by atoms with Crippen molar-refractivity contribution in [3.8, 4) is 0 Å². The number of unbranched alkanes of at least 4 members (excludes halogenated alkanes) is 5. The fourth-order valence-electron chi connectivity index (χ4n) is 1.73. The molecule has 1 aromatic heterocycles. The van der Waals surface area contributed by atoms with E-state index in [9.17, 15) is 25.2 Å². The molecule has 0 N–H and O–H groups in total. The first-order chi connectivity index (χ1) is 9.81. The van der Waals surface area contributed by atoms with Gasteiger partial charge >= 0.3 is 33.0 Å². The minimum atomic E-state index is -10.7. The molecule has 0 bridgehead atoms. The van der Waals surface area contributed by atoms with Gasteiger partial charge in [-0.3, -0.25) is 0 Å². The van der Waals surface area contributed by atoms with E-state index in [1.165, 1.54) is 38.5 Å². The number of halogens is 6. The molecule has 0 aliphatic rings. The summed E-state index contributed by atoms with van der Waals surface area (Å²) in [7, 11) is -10.7. The average Bonchev–Trinajstić information content (AvgIpc) is 2.77. The van der Waals surface area contributed by atoms with E-state index in [0.29, 0.717) is 0 Å². The Labute approximate surface area is 126 Å². The van der Waals surface area contributed by atoms with Gasteiger partial charge < -0.3 is 0 Å². The Morgan fingerprint density at radius 1 is 1.00 bits per heavy atom. The van der Waals surface area contributed by atoms with Crippen LogP contribution in [0.5, 0.6) is 0 Å². The van der Waals surface area contributed by atoms with Gasteiger partial charge in [0.2, 0.25) is 6.33 Å². The molecule has 0 fully saturated rings. The van der Waals surface area contributed by atoms with Gasteiger partial charge in [-0.1, -0.05) is 39.2 Å². The third-order valence-electron chi connectivity index (χ3n) is 2.69. The SMILES string of the molecule is C=C[n+]1ccn(CCCCCCCC)c1.F[P-](F)(F)(F)(F)F. The van der Waals surface area contributed by atoms with Gasteiger partial charge in [0, 0.05) is 0 Å². The molecule has 0 unspecified atom stereocenters. The molecule has 0 radical (unpaired) electrons. The molecule has 2 nitrogen and oxygen atoms in total. The van der Waals surface area contributed by atoms with Crippen LogP contribution < -0.4 is 4.57 Å². The van der Waals surface area contributed by atoms with Gasteiger partial charge in [-0.05, 0) is 12.8 Å².